The van der Waals surface area contributed by atoms with Crippen LogP contribution in [-0.4, -0.2) is 20.2 Å². The molecule has 0 saturated heterocycles. The van der Waals surface area contributed by atoms with Gasteiger partial charge in [0, 0.05) is 11.3 Å². The number of anilines is 1. The van der Waals surface area contributed by atoms with Gasteiger partial charge in [0.15, 0.2) is 5.82 Å². The Morgan fingerprint density at radius 1 is 1.40 bits per heavy atom. The number of hydrogen-bond acceptors (Lipinski definition) is 5. The predicted octanol–water partition coefficient (Wildman–Crippen LogP) is 3.50. The van der Waals surface area contributed by atoms with Crippen molar-refractivity contribution in [3.8, 4) is 11.4 Å². The Morgan fingerprint density at radius 2 is 2.30 bits per heavy atom. The summed E-state index contributed by atoms with van der Waals surface area (Å²) in [5, 5.41) is 11.3. The van der Waals surface area contributed by atoms with Crippen LogP contribution in [0, 0.1) is 6.92 Å². The lowest BCUT2D eigenvalue weighted by Gasteiger charge is -2.05. The van der Waals surface area contributed by atoms with E-state index in [0.29, 0.717) is 16.7 Å². The Morgan fingerprint density at radius 3 is 3.00 bits per heavy atom. The Hall–Kier alpha value is -1.92. The first-order valence-corrected chi connectivity index (χ1v) is 7.24. The van der Waals surface area contributed by atoms with Crippen LogP contribution in [0.25, 0.3) is 11.4 Å². The maximum absolute atomic E-state index is 5.86. The summed E-state index contributed by atoms with van der Waals surface area (Å²) >= 11 is 7.33. The number of hydrogen-bond donors (Lipinski definition) is 2. The van der Waals surface area contributed by atoms with E-state index in [9.17, 15) is 0 Å². The molecule has 0 aliphatic carbocycles. The van der Waals surface area contributed by atoms with Gasteiger partial charge in [0.1, 0.15) is 15.2 Å². The number of rotatable bonds is 4. The highest BCUT2D eigenvalue weighted by atomic mass is 35.5. The van der Waals surface area contributed by atoms with Gasteiger partial charge >= 0.3 is 0 Å². The van der Waals surface area contributed by atoms with Gasteiger partial charge in [0.25, 0.3) is 0 Å². The quantitative estimate of drug-likeness (QED) is 0.774. The topological polar surface area (TPSA) is 66.5 Å². The molecule has 0 saturated carbocycles. The second-order valence-electron chi connectivity index (χ2n) is 4.24. The largest absolute Gasteiger partial charge is 0.379 e. The highest BCUT2D eigenvalue weighted by Gasteiger charge is 2.05. The number of H-pyrrole nitrogens is 1. The van der Waals surface area contributed by atoms with Crippen molar-refractivity contribution in [2.24, 2.45) is 0 Å². The number of nitrogens with one attached hydrogen (secondary N) is 2. The summed E-state index contributed by atoms with van der Waals surface area (Å²) < 4.78 is 0.701. The molecule has 5 nitrogen and oxygen atoms in total. The zero-order chi connectivity index (χ0) is 13.9. The lowest BCUT2D eigenvalue weighted by molar-refractivity contribution is 1.04. The van der Waals surface area contributed by atoms with Crippen molar-refractivity contribution in [1.82, 2.24) is 20.2 Å². The summed E-state index contributed by atoms with van der Waals surface area (Å²) in [6.45, 7) is 2.53. The maximum Gasteiger partial charge on any atom is 0.181 e. The van der Waals surface area contributed by atoms with Crippen LogP contribution in [0.1, 0.15) is 10.8 Å². The van der Waals surface area contributed by atoms with Crippen LogP contribution in [0.4, 0.5) is 5.69 Å². The van der Waals surface area contributed by atoms with Crippen molar-refractivity contribution < 1.29 is 0 Å². The highest BCUT2D eigenvalue weighted by Crippen LogP contribution is 2.22. The third kappa shape index (κ3) is 2.97. The molecule has 0 aliphatic heterocycles. The molecule has 0 amide bonds. The monoisotopic (exact) mass is 305 g/mol. The molecule has 3 aromatic rings. The average Bonchev–Trinajstić information content (AvgIpc) is 3.06. The Bertz CT molecular complexity index is 721. The molecule has 102 valence electrons. The highest BCUT2D eigenvalue weighted by molar-refractivity contribution is 7.15. The molecule has 0 unspecified atom stereocenters. The Labute approximate surface area is 125 Å². The van der Waals surface area contributed by atoms with Crippen LogP contribution in [0.2, 0.25) is 4.34 Å². The van der Waals surface area contributed by atoms with Gasteiger partial charge in [0.05, 0.1) is 12.7 Å². The number of benzene rings is 1. The fraction of sp³-hybridized carbons (Fsp3) is 0.154. The zero-order valence-electron chi connectivity index (χ0n) is 10.7. The first-order valence-electron chi connectivity index (χ1n) is 6.04. The molecule has 20 heavy (non-hydrogen) atoms. The van der Waals surface area contributed by atoms with Crippen molar-refractivity contribution >= 4 is 28.6 Å². The molecule has 2 aromatic heterocycles. The van der Waals surface area contributed by atoms with E-state index in [2.05, 4.69) is 25.5 Å². The van der Waals surface area contributed by atoms with E-state index in [4.69, 9.17) is 11.6 Å². The smallest absolute Gasteiger partial charge is 0.181 e. The van der Waals surface area contributed by atoms with Crippen molar-refractivity contribution in [2.45, 2.75) is 13.5 Å². The first-order chi connectivity index (χ1) is 9.70. The van der Waals surface area contributed by atoms with Gasteiger partial charge in [-0.05, 0) is 19.1 Å². The molecule has 7 heteroatoms. The zero-order valence-corrected chi connectivity index (χ0v) is 12.3. The Kier molecular flexibility index (Phi) is 3.66. The molecule has 1 aromatic carbocycles. The van der Waals surface area contributed by atoms with Crippen LogP contribution in [0.5, 0.6) is 0 Å². The SMILES string of the molecule is Cc1nc(-c2cccc(NCc3ncc(Cl)s3)c2)n[nH]1. The summed E-state index contributed by atoms with van der Waals surface area (Å²) in [5.74, 6) is 1.50. The molecule has 0 aliphatic rings. The van der Waals surface area contributed by atoms with Crippen molar-refractivity contribution in [2.75, 3.05) is 5.32 Å². The van der Waals surface area contributed by atoms with E-state index in [1.54, 1.807) is 6.20 Å². The summed E-state index contributed by atoms with van der Waals surface area (Å²) in [6, 6.07) is 7.96. The molecular formula is C13H12ClN5S. The van der Waals surface area contributed by atoms with E-state index in [1.165, 1.54) is 11.3 Å². The van der Waals surface area contributed by atoms with Crippen LogP contribution >= 0.6 is 22.9 Å². The minimum atomic E-state index is 0.647. The second kappa shape index (κ2) is 5.60. The number of thiazole rings is 1. The minimum Gasteiger partial charge on any atom is -0.379 e. The number of halogens is 1. The van der Waals surface area contributed by atoms with E-state index in [-0.39, 0.29) is 0 Å². The average molecular weight is 306 g/mol. The van der Waals surface area contributed by atoms with Gasteiger partial charge < -0.3 is 5.32 Å². The fourth-order valence-electron chi connectivity index (χ4n) is 1.79. The summed E-state index contributed by atoms with van der Waals surface area (Å²) in [7, 11) is 0. The molecule has 0 radical (unpaired) electrons. The van der Waals surface area contributed by atoms with Crippen molar-refractivity contribution in [1.29, 1.82) is 0 Å². The van der Waals surface area contributed by atoms with E-state index in [0.717, 1.165) is 22.1 Å². The standard InChI is InChI=1S/C13H12ClN5S/c1-8-17-13(19-18-8)9-3-2-4-10(5-9)15-7-12-16-6-11(14)20-12/h2-6,15H,7H2,1H3,(H,17,18,19). The first kappa shape index (κ1) is 13.1. The van der Waals surface area contributed by atoms with Crippen LogP contribution in [0.3, 0.4) is 0 Å². The molecule has 0 bridgehead atoms. The van der Waals surface area contributed by atoms with Gasteiger partial charge in [-0.1, -0.05) is 23.7 Å². The maximum atomic E-state index is 5.86. The van der Waals surface area contributed by atoms with Crippen LogP contribution in [0.15, 0.2) is 30.5 Å². The van der Waals surface area contributed by atoms with Crippen molar-refractivity contribution in [3.05, 3.63) is 45.6 Å². The van der Waals surface area contributed by atoms with Gasteiger partial charge in [-0.3, -0.25) is 5.10 Å². The van der Waals surface area contributed by atoms with E-state index in [1.807, 2.05) is 31.2 Å². The predicted molar refractivity (Wildman–Crippen MR) is 81.0 cm³/mol. The molecule has 3 rings (SSSR count). The molecule has 0 fully saturated rings. The van der Waals surface area contributed by atoms with Gasteiger partial charge in [-0.25, -0.2) is 9.97 Å². The number of aryl methyl sites for hydroxylation is 1. The lowest BCUT2D eigenvalue weighted by atomic mass is 10.2. The molecule has 2 heterocycles. The number of aromatic amines is 1. The Balaban J connectivity index is 1.74. The van der Waals surface area contributed by atoms with Crippen LogP contribution in [-0.2, 0) is 6.54 Å². The molecular weight excluding hydrogens is 294 g/mol. The number of aromatic nitrogens is 4. The summed E-state index contributed by atoms with van der Waals surface area (Å²) in [5.41, 5.74) is 1.97. The van der Waals surface area contributed by atoms with Crippen molar-refractivity contribution in [3.63, 3.8) is 0 Å². The van der Waals surface area contributed by atoms with E-state index < -0.39 is 0 Å². The van der Waals surface area contributed by atoms with E-state index >= 15 is 0 Å². The summed E-state index contributed by atoms with van der Waals surface area (Å²) in [4.78, 5) is 8.53. The van der Waals surface area contributed by atoms with Gasteiger partial charge in [0.2, 0.25) is 0 Å². The molecule has 0 atom stereocenters. The third-order valence-electron chi connectivity index (χ3n) is 2.69. The molecule has 0 spiro atoms. The fourth-order valence-corrected chi connectivity index (χ4v) is 2.68. The summed E-state index contributed by atoms with van der Waals surface area (Å²) in [6.07, 6.45) is 1.66. The third-order valence-corrected chi connectivity index (χ3v) is 3.80. The lowest BCUT2D eigenvalue weighted by Crippen LogP contribution is -1.98. The number of nitrogens with zero attached hydrogens (tertiary/aromatic N) is 3. The molecule has 2 N–H and O–H groups in total. The second-order valence-corrected chi connectivity index (χ2v) is 5.98. The minimum absolute atomic E-state index is 0.647. The van der Waals surface area contributed by atoms with Gasteiger partial charge in [-0.2, -0.15) is 5.10 Å². The van der Waals surface area contributed by atoms with Gasteiger partial charge in [-0.15, -0.1) is 11.3 Å². The normalized spacial score (nSPS) is 10.7. The van der Waals surface area contributed by atoms with Crippen LogP contribution < -0.4 is 5.32 Å².